The fourth-order valence-electron chi connectivity index (χ4n) is 8.43. The molecule has 3 fully saturated rings. The van der Waals surface area contributed by atoms with E-state index in [0.29, 0.717) is 44.4 Å². The first kappa shape index (κ1) is 35.0. The highest BCUT2D eigenvalue weighted by Crippen LogP contribution is 2.34. The Morgan fingerprint density at radius 1 is 0.898 bits per heavy atom. The standard InChI is InChI=1S/C38H52BN5O5/c1-26-21-27(7-8-33(26)39)22-31(37(47)43-17-11-29(12-18-43)28-9-15-41(16-10-28)25-36(46)49-2)23-35(45)42-19-13-32(14-20-42)44-24-30-5-3-4-6-34(30)40-38(44)48/h3-8,21,28-29,31-32H,9-20,22-25,39H2,1-2H3,(H,40,48). The third-order valence-electron chi connectivity index (χ3n) is 11.7. The van der Waals surface area contributed by atoms with E-state index in [9.17, 15) is 19.2 Å². The Morgan fingerprint density at radius 3 is 2.22 bits per heavy atom. The van der Waals surface area contributed by atoms with Crippen LogP contribution in [0.15, 0.2) is 42.5 Å². The minimum atomic E-state index is -0.408. The highest BCUT2D eigenvalue weighted by atomic mass is 16.5. The van der Waals surface area contributed by atoms with Crippen LogP contribution in [0.2, 0.25) is 0 Å². The number of urea groups is 1. The summed E-state index contributed by atoms with van der Waals surface area (Å²) in [6.45, 7) is 7.50. The number of carbonyl (C=O) groups excluding carboxylic acids is 4. The highest BCUT2D eigenvalue weighted by molar-refractivity contribution is 6.33. The van der Waals surface area contributed by atoms with E-state index >= 15 is 0 Å². The van der Waals surface area contributed by atoms with Crippen molar-refractivity contribution in [2.24, 2.45) is 17.8 Å². The maximum atomic E-state index is 14.2. The number of aryl methyl sites for hydroxylation is 1. The summed E-state index contributed by atoms with van der Waals surface area (Å²) < 4.78 is 4.84. The Bertz CT molecular complexity index is 1510. The van der Waals surface area contributed by atoms with Gasteiger partial charge in [0.05, 0.1) is 19.6 Å². The van der Waals surface area contributed by atoms with Gasteiger partial charge in [0.2, 0.25) is 11.8 Å². The van der Waals surface area contributed by atoms with Crippen LogP contribution in [0, 0.1) is 24.7 Å². The van der Waals surface area contributed by atoms with Crippen LogP contribution < -0.4 is 10.8 Å². The molecule has 0 spiro atoms. The first-order valence-corrected chi connectivity index (χ1v) is 18.3. The van der Waals surface area contributed by atoms with Gasteiger partial charge in [0.25, 0.3) is 0 Å². The number of nitrogens with one attached hydrogen (secondary N) is 1. The Labute approximate surface area is 291 Å². The van der Waals surface area contributed by atoms with E-state index in [1.165, 1.54) is 18.1 Å². The maximum absolute atomic E-state index is 14.2. The van der Waals surface area contributed by atoms with Crippen molar-refractivity contribution >= 4 is 42.8 Å². The molecule has 1 unspecified atom stereocenters. The van der Waals surface area contributed by atoms with E-state index in [1.807, 2.05) is 39.0 Å². The predicted octanol–water partition coefficient (Wildman–Crippen LogP) is 2.96. The lowest BCUT2D eigenvalue weighted by atomic mass is 9.78. The summed E-state index contributed by atoms with van der Waals surface area (Å²) in [4.78, 5) is 60.6. The van der Waals surface area contributed by atoms with Gasteiger partial charge in [0.1, 0.15) is 7.85 Å². The zero-order valence-corrected chi connectivity index (χ0v) is 29.5. The maximum Gasteiger partial charge on any atom is 0.322 e. The second kappa shape index (κ2) is 15.8. The Morgan fingerprint density at radius 2 is 1.55 bits per heavy atom. The van der Waals surface area contributed by atoms with Gasteiger partial charge in [-0.05, 0) is 94.0 Å². The molecular weight excluding hydrogens is 617 g/mol. The normalized spacial score (nSPS) is 20.4. The van der Waals surface area contributed by atoms with Crippen molar-refractivity contribution in [1.82, 2.24) is 19.6 Å². The second-order valence-corrected chi connectivity index (χ2v) is 14.7. The molecule has 2 aromatic rings. The Kier molecular flexibility index (Phi) is 11.3. The highest BCUT2D eigenvalue weighted by Gasteiger charge is 2.36. The number of ether oxygens (including phenoxy) is 1. The lowest BCUT2D eigenvalue weighted by molar-refractivity contribution is -0.143. The number of para-hydroxylation sites is 1. The number of carbonyl (C=O) groups is 4. The monoisotopic (exact) mass is 669 g/mol. The number of benzene rings is 2. The van der Waals surface area contributed by atoms with Gasteiger partial charge in [-0.2, -0.15) is 0 Å². The van der Waals surface area contributed by atoms with Crippen LogP contribution in [0.3, 0.4) is 0 Å². The summed E-state index contributed by atoms with van der Waals surface area (Å²) in [5, 5.41) is 3.02. The fourth-order valence-corrected chi connectivity index (χ4v) is 8.43. The van der Waals surface area contributed by atoms with Gasteiger partial charge in [-0.3, -0.25) is 19.3 Å². The molecule has 6 rings (SSSR count). The minimum Gasteiger partial charge on any atom is -0.468 e. The number of rotatable bonds is 9. The molecule has 262 valence electrons. The molecule has 49 heavy (non-hydrogen) atoms. The summed E-state index contributed by atoms with van der Waals surface area (Å²) >= 11 is 0. The van der Waals surface area contributed by atoms with Crippen molar-refractivity contribution in [1.29, 1.82) is 0 Å². The quantitative estimate of drug-likeness (QED) is 0.326. The van der Waals surface area contributed by atoms with Crippen molar-refractivity contribution in [3.8, 4) is 0 Å². The summed E-state index contributed by atoms with van der Waals surface area (Å²) in [5.41, 5.74) is 5.49. The third kappa shape index (κ3) is 8.48. The third-order valence-corrected chi connectivity index (χ3v) is 11.7. The molecule has 4 heterocycles. The van der Waals surface area contributed by atoms with Crippen LogP contribution in [0.5, 0.6) is 0 Å². The van der Waals surface area contributed by atoms with Crippen LogP contribution in [-0.2, 0) is 32.1 Å². The first-order chi connectivity index (χ1) is 23.7. The molecule has 4 aliphatic rings. The second-order valence-electron chi connectivity index (χ2n) is 14.7. The van der Waals surface area contributed by atoms with Crippen LogP contribution in [0.25, 0.3) is 0 Å². The van der Waals surface area contributed by atoms with Gasteiger partial charge in [0, 0.05) is 50.9 Å². The Hall–Kier alpha value is -3.86. The summed E-state index contributed by atoms with van der Waals surface area (Å²) in [6.07, 6.45) is 6.33. The number of esters is 1. The largest absolute Gasteiger partial charge is 0.468 e. The molecule has 10 nitrogen and oxygen atoms in total. The molecule has 1 atom stereocenters. The van der Waals surface area contributed by atoms with Crippen LogP contribution in [0.4, 0.5) is 10.5 Å². The van der Waals surface area contributed by atoms with Crippen molar-refractivity contribution in [2.75, 3.05) is 58.2 Å². The number of amides is 4. The topological polar surface area (TPSA) is 102 Å². The van der Waals surface area contributed by atoms with Gasteiger partial charge >= 0.3 is 12.0 Å². The SMILES string of the molecule is Bc1ccc(CC(CC(=O)N2CCC(N3Cc4ccccc4NC3=O)CC2)C(=O)N2CCC(C3CCN(CC(=O)OC)CC3)CC2)cc1C. The molecule has 0 radical (unpaired) electrons. The smallest absolute Gasteiger partial charge is 0.322 e. The van der Waals surface area contributed by atoms with E-state index in [4.69, 9.17) is 4.74 Å². The van der Waals surface area contributed by atoms with Gasteiger partial charge in [-0.25, -0.2) is 4.79 Å². The van der Waals surface area contributed by atoms with Crippen molar-refractivity contribution < 1.29 is 23.9 Å². The van der Waals surface area contributed by atoms with E-state index in [1.54, 1.807) is 0 Å². The molecule has 0 aromatic heterocycles. The molecule has 3 saturated heterocycles. The van der Waals surface area contributed by atoms with Crippen molar-refractivity contribution in [3.63, 3.8) is 0 Å². The number of nitrogens with zero attached hydrogens (tertiary/aromatic N) is 4. The number of hydrogen-bond acceptors (Lipinski definition) is 6. The average Bonchev–Trinajstić information content (AvgIpc) is 3.12. The van der Waals surface area contributed by atoms with Crippen molar-refractivity contribution in [3.05, 3.63) is 59.2 Å². The molecule has 2 aromatic carbocycles. The average molecular weight is 670 g/mol. The zero-order valence-electron chi connectivity index (χ0n) is 29.5. The molecule has 0 aliphatic carbocycles. The molecular formula is C38H52BN5O5. The minimum absolute atomic E-state index is 0.0303. The molecule has 1 N–H and O–H groups in total. The van der Waals surface area contributed by atoms with Crippen LogP contribution >= 0.6 is 0 Å². The van der Waals surface area contributed by atoms with E-state index in [2.05, 4.69) is 43.2 Å². The number of likely N-dealkylation sites (tertiary alicyclic amines) is 3. The first-order valence-electron chi connectivity index (χ1n) is 18.3. The van der Waals surface area contributed by atoms with Crippen molar-refractivity contribution in [2.45, 2.75) is 70.9 Å². The van der Waals surface area contributed by atoms with Crippen LogP contribution in [-0.4, -0.2) is 110 Å². The number of fused-ring (bicyclic) bond motifs is 1. The predicted molar refractivity (Wildman–Crippen MR) is 192 cm³/mol. The van der Waals surface area contributed by atoms with E-state index in [0.717, 1.165) is 81.5 Å². The Balaban J connectivity index is 1.04. The van der Waals surface area contributed by atoms with Gasteiger partial charge in [-0.1, -0.05) is 47.4 Å². The molecule has 4 aliphatic heterocycles. The van der Waals surface area contributed by atoms with Gasteiger partial charge in [0.15, 0.2) is 0 Å². The number of methoxy groups -OCH3 is 1. The molecule has 11 heteroatoms. The molecule has 4 amide bonds. The number of anilines is 1. The number of piperidine rings is 3. The summed E-state index contributed by atoms with van der Waals surface area (Å²) in [5.74, 6) is 0.740. The summed E-state index contributed by atoms with van der Waals surface area (Å²) in [6, 6.07) is 14.3. The zero-order chi connectivity index (χ0) is 34.5. The van der Waals surface area contributed by atoms with Gasteiger partial charge in [-0.15, -0.1) is 0 Å². The van der Waals surface area contributed by atoms with E-state index in [-0.39, 0.29) is 36.3 Å². The fraction of sp³-hybridized carbons (Fsp3) is 0.579. The summed E-state index contributed by atoms with van der Waals surface area (Å²) in [7, 11) is 3.53. The van der Waals surface area contributed by atoms with Crippen LogP contribution in [0.1, 0.15) is 61.6 Å². The van der Waals surface area contributed by atoms with Gasteiger partial charge < -0.3 is 24.8 Å². The lowest BCUT2D eigenvalue weighted by Gasteiger charge is -2.41. The molecule has 0 saturated carbocycles. The molecule has 0 bridgehead atoms. The van der Waals surface area contributed by atoms with E-state index < -0.39 is 5.92 Å². The number of hydrogen-bond donors (Lipinski definition) is 1. The lowest BCUT2D eigenvalue weighted by Crippen LogP contribution is -2.51.